The van der Waals surface area contributed by atoms with Crippen LogP contribution in [-0.4, -0.2) is 41.2 Å². The van der Waals surface area contributed by atoms with Gasteiger partial charge in [-0.3, -0.25) is 4.79 Å². The van der Waals surface area contributed by atoms with Crippen LogP contribution in [0.15, 0.2) is 0 Å². The Morgan fingerprint density at radius 1 is 1.40 bits per heavy atom. The quantitative estimate of drug-likeness (QED) is 0.789. The van der Waals surface area contributed by atoms with E-state index in [0.717, 1.165) is 5.01 Å². The van der Waals surface area contributed by atoms with Crippen molar-refractivity contribution in [3.05, 3.63) is 0 Å². The number of hydrogen-bond acceptors (Lipinski definition) is 5. The number of carbonyl (C=O) groups is 3. The van der Waals surface area contributed by atoms with Crippen LogP contribution >= 0.6 is 0 Å². The molecule has 7 heteroatoms. The summed E-state index contributed by atoms with van der Waals surface area (Å²) in [7, 11) is 0. The summed E-state index contributed by atoms with van der Waals surface area (Å²) in [6, 6.07) is -0.801. The van der Waals surface area contributed by atoms with Gasteiger partial charge in [0.25, 0.3) is 0 Å². The first-order chi connectivity index (χ1) is 9.15. The second-order valence-corrected chi connectivity index (χ2v) is 5.73. The molecule has 0 aliphatic carbocycles. The minimum Gasteiger partial charge on any atom is -0.464 e. The molecule has 1 aliphatic rings. The third-order valence-corrected chi connectivity index (χ3v) is 2.72. The van der Waals surface area contributed by atoms with Gasteiger partial charge in [0.05, 0.1) is 6.61 Å². The van der Waals surface area contributed by atoms with Crippen LogP contribution in [-0.2, 0) is 19.1 Å². The predicted octanol–water partition coefficient (Wildman–Crippen LogP) is 1.23. The molecule has 7 nitrogen and oxygen atoms in total. The fourth-order valence-electron chi connectivity index (χ4n) is 1.90. The van der Waals surface area contributed by atoms with Crippen LogP contribution in [0, 0.1) is 5.92 Å². The summed E-state index contributed by atoms with van der Waals surface area (Å²) in [6.45, 7) is 8.74. The van der Waals surface area contributed by atoms with E-state index in [1.54, 1.807) is 34.6 Å². The molecule has 0 aromatic carbocycles. The monoisotopic (exact) mass is 286 g/mol. The molecule has 20 heavy (non-hydrogen) atoms. The van der Waals surface area contributed by atoms with E-state index in [1.165, 1.54) is 0 Å². The Balaban J connectivity index is 2.75. The number of hydrazine groups is 1. The minimum absolute atomic E-state index is 0.220. The van der Waals surface area contributed by atoms with Crippen LogP contribution in [0.25, 0.3) is 0 Å². The summed E-state index contributed by atoms with van der Waals surface area (Å²) in [5.74, 6) is -1.20. The number of nitrogens with one attached hydrogen (secondary N) is 1. The molecule has 0 radical (unpaired) electrons. The van der Waals surface area contributed by atoms with Gasteiger partial charge in [0.1, 0.15) is 5.60 Å². The molecule has 0 unspecified atom stereocenters. The van der Waals surface area contributed by atoms with Gasteiger partial charge in [-0.2, -0.15) is 0 Å². The van der Waals surface area contributed by atoms with E-state index in [4.69, 9.17) is 9.47 Å². The predicted molar refractivity (Wildman–Crippen MR) is 70.4 cm³/mol. The molecule has 1 heterocycles. The Bertz CT molecular complexity index is 402. The second-order valence-electron chi connectivity index (χ2n) is 5.73. The number of ether oxygens (including phenoxy) is 2. The smallest absolute Gasteiger partial charge is 0.426 e. The van der Waals surface area contributed by atoms with Crippen molar-refractivity contribution in [2.24, 2.45) is 5.92 Å². The summed E-state index contributed by atoms with van der Waals surface area (Å²) < 4.78 is 9.99. The zero-order valence-electron chi connectivity index (χ0n) is 12.6. The molecular weight excluding hydrogens is 264 g/mol. The summed E-state index contributed by atoms with van der Waals surface area (Å²) in [5.41, 5.74) is 1.64. The minimum atomic E-state index is -0.801. The number of hydrogen-bond donors (Lipinski definition) is 1. The zero-order valence-corrected chi connectivity index (χ0v) is 12.6. The van der Waals surface area contributed by atoms with Crippen LogP contribution in [0.1, 0.15) is 41.0 Å². The van der Waals surface area contributed by atoms with Crippen molar-refractivity contribution in [2.45, 2.75) is 52.7 Å². The molecule has 2 atom stereocenters. The van der Waals surface area contributed by atoms with Crippen molar-refractivity contribution in [3.63, 3.8) is 0 Å². The molecule has 1 fully saturated rings. The van der Waals surface area contributed by atoms with Crippen LogP contribution in [0.3, 0.4) is 0 Å². The van der Waals surface area contributed by atoms with Gasteiger partial charge < -0.3 is 9.47 Å². The summed E-state index contributed by atoms with van der Waals surface area (Å²) in [6.07, 6.45) is -0.456. The SMILES string of the molecule is CCOC(=O)[C@@H]1C[C@H](C)C(=O)N1NC(=O)OC(C)(C)C. The van der Waals surface area contributed by atoms with E-state index in [9.17, 15) is 14.4 Å². The highest BCUT2D eigenvalue weighted by Gasteiger charge is 2.43. The van der Waals surface area contributed by atoms with Gasteiger partial charge in [0.2, 0.25) is 5.91 Å². The van der Waals surface area contributed by atoms with E-state index in [2.05, 4.69) is 5.43 Å². The average Bonchev–Trinajstić information content (AvgIpc) is 2.55. The Kier molecular flexibility index (Phi) is 4.97. The third kappa shape index (κ3) is 4.11. The zero-order chi connectivity index (χ0) is 15.5. The molecule has 0 aromatic heterocycles. The molecule has 0 bridgehead atoms. The van der Waals surface area contributed by atoms with Crippen LogP contribution < -0.4 is 5.43 Å². The third-order valence-electron chi connectivity index (χ3n) is 2.72. The van der Waals surface area contributed by atoms with E-state index in [0.29, 0.717) is 6.42 Å². The fraction of sp³-hybridized carbons (Fsp3) is 0.769. The normalized spacial score (nSPS) is 22.6. The molecule has 1 rings (SSSR count). The van der Waals surface area contributed by atoms with Crippen LogP contribution in [0.2, 0.25) is 0 Å². The highest BCUT2D eigenvalue weighted by Crippen LogP contribution is 2.23. The van der Waals surface area contributed by atoms with E-state index < -0.39 is 23.7 Å². The number of nitrogens with zero attached hydrogens (tertiary/aromatic N) is 1. The molecule has 1 saturated heterocycles. The van der Waals surface area contributed by atoms with Gasteiger partial charge in [-0.05, 0) is 34.1 Å². The van der Waals surface area contributed by atoms with Crippen molar-refractivity contribution >= 4 is 18.0 Å². The lowest BCUT2D eigenvalue weighted by atomic mass is 10.1. The van der Waals surface area contributed by atoms with Crippen molar-refractivity contribution in [1.29, 1.82) is 0 Å². The maximum absolute atomic E-state index is 12.0. The number of carbonyl (C=O) groups excluding carboxylic acids is 3. The van der Waals surface area contributed by atoms with Gasteiger partial charge in [0.15, 0.2) is 6.04 Å². The number of esters is 1. The Hall–Kier alpha value is -1.79. The standard InChI is InChI=1S/C13H22N2O5/c1-6-19-11(17)9-7-8(2)10(16)15(9)14-12(18)20-13(3,4)5/h8-9H,6-7H2,1-5H3,(H,14,18)/t8-,9-/m0/s1. The van der Waals surface area contributed by atoms with Gasteiger partial charge in [0, 0.05) is 5.92 Å². The molecule has 1 N–H and O–H groups in total. The fourth-order valence-corrected chi connectivity index (χ4v) is 1.90. The van der Waals surface area contributed by atoms with Crippen molar-refractivity contribution in [3.8, 4) is 0 Å². The molecule has 2 amide bonds. The first-order valence-electron chi connectivity index (χ1n) is 6.65. The molecule has 0 saturated carbocycles. The largest absolute Gasteiger partial charge is 0.464 e. The first kappa shape index (κ1) is 16.3. The van der Waals surface area contributed by atoms with Gasteiger partial charge in [-0.15, -0.1) is 0 Å². The van der Waals surface area contributed by atoms with Crippen LogP contribution in [0.5, 0.6) is 0 Å². The second kappa shape index (κ2) is 6.11. The number of rotatable bonds is 3. The lowest BCUT2D eigenvalue weighted by molar-refractivity contribution is -0.153. The topological polar surface area (TPSA) is 84.9 Å². The Morgan fingerprint density at radius 2 is 2.00 bits per heavy atom. The molecule has 1 aliphatic heterocycles. The van der Waals surface area contributed by atoms with Crippen molar-refractivity contribution in [2.75, 3.05) is 6.61 Å². The highest BCUT2D eigenvalue weighted by molar-refractivity contribution is 5.90. The van der Waals surface area contributed by atoms with Crippen molar-refractivity contribution < 1.29 is 23.9 Å². The Labute approximate surface area is 118 Å². The highest BCUT2D eigenvalue weighted by atomic mass is 16.6. The maximum atomic E-state index is 12.0. The molecule has 0 spiro atoms. The van der Waals surface area contributed by atoms with E-state index in [1.807, 2.05) is 0 Å². The average molecular weight is 286 g/mol. The van der Waals surface area contributed by atoms with Gasteiger partial charge in [-0.25, -0.2) is 20.0 Å². The van der Waals surface area contributed by atoms with Crippen LogP contribution in [0.4, 0.5) is 4.79 Å². The van der Waals surface area contributed by atoms with E-state index in [-0.39, 0.29) is 18.4 Å². The lowest BCUT2D eigenvalue weighted by Gasteiger charge is -2.26. The van der Waals surface area contributed by atoms with Crippen molar-refractivity contribution in [1.82, 2.24) is 10.4 Å². The molecular formula is C13H22N2O5. The van der Waals surface area contributed by atoms with Gasteiger partial charge in [-0.1, -0.05) is 6.92 Å². The lowest BCUT2D eigenvalue weighted by Crippen LogP contribution is -2.52. The summed E-state index contributed by atoms with van der Waals surface area (Å²) >= 11 is 0. The Morgan fingerprint density at radius 3 is 2.50 bits per heavy atom. The van der Waals surface area contributed by atoms with Gasteiger partial charge >= 0.3 is 12.1 Å². The summed E-state index contributed by atoms with van der Waals surface area (Å²) in [5, 5.41) is 1.01. The molecule has 0 aromatic rings. The van der Waals surface area contributed by atoms with E-state index >= 15 is 0 Å². The maximum Gasteiger partial charge on any atom is 0.426 e. The molecule has 114 valence electrons. The number of amides is 2. The summed E-state index contributed by atoms with van der Waals surface area (Å²) in [4.78, 5) is 35.5. The first-order valence-corrected chi connectivity index (χ1v) is 6.65.